The molecule has 0 N–H and O–H groups in total. The average molecular weight is 507 g/mol. The molecule has 182 valence electrons. The van der Waals surface area contributed by atoms with Crippen LogP contribution in [0.15, 0.2) is 64.9 Å². The molecule has 2 aromatic carbocycles. The van der Waals surface area contributed by atoms with Crippen LogP contribution in [0.5, 0.6) is 0 Å². The number of halogens is 2. The second-order valence-electron chi connectivity index (χ2n) is 8.55. The molecule has 0 spiro atoms. The monoisotopic (exact) mass is 506 g/mol. The molecule has 0 unspecified atom stereocenters. The topological polar surface area (TPSA) is 57.7 Å². The Labute approximate surface area is 203 Å². The molecule has 0 aliphatic rings. The number of amides is 1. The fourth-order valence-corrected chi connectivity index (χ4v) is 5.92. The van der Waals surface area contributed by atoms with E-state index in [-0.39, 0.29) is 42.2 Å². The van der Waals surface area contributed by atoms with Gasteiger partial charge >= 0.3 is 0 Å². The molecular weight excluding hydrogens is 478 g/mol. The summed E-state index contributed by atoms with van der Waals surface area (Å²) in [5.41, 5.74) is 1.78. The van der Waals surface area contributed by atoms with Gasteiger partial charge in [0.1, 0.15) is 11.6 Å². The number of hydrogen-bond donors (Lipinski definition) is 0. The molecule has 0 atom stereocenters. The number of nitrogens with zero attached hydrogens (tertiary/aromatic N) is 2. The Bertz CT molecular complexity index is 1210. The van der Waals surface area contributed by atoms with E-state index in [1.54, 1.807) is 17.0 Å². The minimum Gasteiger partial charge on any atom is -0.332 e. The first kappa shape index (κ1) is 26.0. The summed E-state index contributed by atoms with van der Waals surface area (Å²) in [4.78, 5) is 16.0. The number of carbonyl (C=O) groups excluding carboxylic acids is 1. The Morgan fingerprint density at radius 1 is 0.941 bits per heavy atom. The van der Waals surface area contributed by atoms with E-state index < -0.39 is 15.8 Å². The number of thiophene rings is 1. The fourth-order valence-electron chi connectivity index (χ4n) is 3.44. The van der Waals surface area contributed by atoms with E-state index in [0.717, 1.165) is 32.4 Å². The molecule has 3 rings (SSSR count). The van der Waals surface area contributed by atoms with Gasteiger partial charge in [0.05, 0.1) is 18.0 Å². The number of hydrogen-bond acceptors (Lipinski definition) is 4. The maximum absolute atomic E-state index is 13.5. The van der Waals surface area contributed by atoms with Crippen LogP contribution in [0.25, 0.3) is 0 Å². The van der Waals surface area contributed by atoms with Crippen molar-refractivity contribution >= 4 is 27.3 Å². The normalized spacial score (nSPS) is 11.9. The molecule has 34 heavy (non-hydrogen) atoms. The van der Waals surface area contributed by atoms with Crippen LogP contribution in [0.2, 0.25) is 0 Å². The number of aryl methyl sites for hydroxylation is 1. The minimum absolute atomic E-state index is 0.0342. The van der Waals surface area contributed by atoms with Crippen molar-refractivity contribution in [2.75, 3.05) is 13.1 Å². The van der Waals surface area contributed by atoms with Crippen LogP contribution < -0.4 is 0 Å². The Morgan fingerprint density at radius 2 is 1.53 bits per heavy atom. The number of rotatable bonds is 10. The second-order valence-corrected chi connectivity index (χ2v) is 11.5. The highest BCUT2D eigenvalue weighted by Crippen LogP contribution is 2.22. The zero-order valence-electron chi connectivity index (χ0n) is 19.4. The van der Waals surface area contributed by atoms with Crippen molar-refractivity contribution in [3.63, 3.8) is 0 Å². The van der Waals surface area contributed by atoms with Crippen molar-refractivity contribution in [3.05, 3.63) is 87.6 Å². The summed E-state index contributed by atoms with van der Waals surface area (Å²) in [5, 5.41) is 1.94. The second kappa shape index (κ2) is 11.2. The van der Waals surface area contributed by atoms with Gasteiger partial charge in [-0.15, -0.1) is 11.3 Å². The average Bonchev–Trinajstić information content (AvgIpc) is 3.18. The zero-order chi connectivity index (χ0) is 24.9. The van der Waals surface area contributed by atoms with Gasteiger partial charge in [-0.05, 0) is 71.8 Å². The summed E-state index contributed by atoms with van der Waals surface area (Å²) < 4.78 is 54.5. The summed E-state index contributed by atoms with van der Waals surface area (Å²) in [7, 11) is -4.02. The lowest BCUT2D eigenvalue weighted by molar-refractivity contribution is -0.132. The van der Waals surface area contributed by atoms with E-state index >= 15 is 0 Å². The third-order valence-corrected chi connectivity index (χ3v) is 8.11. The Morgan fingerprint density at radius 3 is 2.06 bits per heavy atom. The number of sulfonamides is 1. The molecule has 0 aliphatic carbocycles. The molecule has 0 saturated carbocycles. The van der Waals surface area contributed by atoms with Gasteiger partial charge in [0.25, 0.3) is 0 Å². The minimum atomic E-state index is -4.02. The predicted octanol–water partition coefficient (Wildman–Crippen LogP) is 5.21. The largest absolute Gasteiger partial charge is 0.332 e. The van der Waals surface area contributed by atoms with Gasteiger partial charge in [-0.3, -0.25) is 4.79 Å². The molecule has 0 radical (unpaired) electrons. The summed E-state index contributed by atoms with van der Waals surface area (Å²) in [5.74, 6) is -1.32. The lowest BCUT2D eigenvalue weighted by atomic mass is 10.2. The summed E-state index contributed by atoms with van der Waals surface area (Å²) >= 11 is 1.52. The van der Waals surface area contributed by atoms with Crippen LogP contribution in [0.3, 0.4) is 0 Å². The highest BCUT2D eigenvalue weighted by molar-refractivity contribution is 7.89. The summed E-state index contributed by atoms with van der Waals surface area (Å²) in [6.45, 7) is 5.98. The SMILES string of the molecule is Cc1ccsc1CN(Cc1ccc(F)cc1)C(=O)CN(CC(C)C)S(=O)(=O)c1ccc(F)cc1. The molecule has 1 heterocycles. The highest BCUT2D eigenvalue weighted by Gasteiger charge is 2.29. The van der Waals surface area contributed by atoms with Crippen molar-refractivity contribution in [3.8, 4) is 0 Å². The third-order valence-electron chi connectivity index (χ3n) is 5.27. The molecule has 0 fully saturated rings. The van der Waals surface area contributed by atoms with E-state index in [9.17, 15) is 22.0 Å². The molecule has 1 aromatic heterocycles. The summed E-state index contributed by atoms with van der Waals surface area (Å²) in [6, 6.07) is 12.4. The van der Waals surface area contributed by atoms with Crippen LogP contribution in [0.4, 0.5) is 8.78 Å². The van der Waals surface area contributed by atoms with Crippen LogP contribution in [0.1, 0.15) is 29.9 Å². The molecule has 3 aromatic rings. The quantitative estimate of drug-likeness (QED) is 0.379. The van der Waals surface area contributed by atoms with Gasteiger partial charge in [0.15, 0.2) is 0 Å². The van der Waals surface area contributed by atoms with Gasteiger partial charge in [-0.1, -0.05) is 26.0 Å². The van der Waals surface area contributed by atoms with Gasteiger partial charge in [0.2, 0.25) is 15.9 Å². The molecule has 1 amide bonds. The van der Waals surface area contributed by atoms with Crippen LogP contribution in [-0.2, 0) is 27.9 Å². The Hall–Kier alpha value is -2.62. The van der Waals surface area contributed by atoms with Gasteiger partial charge in [0, 0.05) is 18.0 Å². The fraction of sp³-hybridized carbons (Fsp3) is 0.320. The zero-order valence-corrected chi connectivity index (χ0v) is 21.0. The lowest BCUT2D eigenvalue weighted by Gasteiger charge is -2.28. The maximum Gasteiger partial charge on any atom is 0.243 e. The van der Waals surface area contributed by atoms with Gasteiger partial charge in [-0.25, -0.2) is 17.2 Å². The van der Waals surface area contributed by atoms with Crippen molar-refractivity contribution in [2.45, 2.75) is 38.8 Å². The maximum atomic E-state index is 13.5. The van der Waals surface area contributed by atoms with Crippen molar-refractivity contribution in [1.82, 2.24) is 9.21 Å². The van der Waals surface area contributed by atoms with Crippen molar-refractivity contribution in [2.24, 2.45) is 5.92 Å². The summed E-state index contributed by atoms with van der Waals surface area (Å²) in [6.07, 6.45) is 0. The first-order chi connectivity index (χ1) is 16.1. The molecule has 0 saturated heterocycles. The first-order valence-corrected chi connectivity index (χ1v) is 13.2. The van der Waals surface area contributed by atoms with Gasteiger partial charge in [-0.2, -0.15) is 4.31 Å². The lowest BCUT2D eigenvalue weighted by Crippen LogP contribution is -2.43. The predicted molar refractivity (Wildman–Crippen MR) is 130 cm³/mol. The van der Waals surface area contributed by atoms with Crippen LogP contribution >= 0.6 is 11.3 Å². The molecule has 0 bridgehead atoms. The molecule has 9 heteroatoms. The van der Waals surface area contributed by atoms with Crippen molar-refractivity contribution in [1.29, 1.82) is 0 Å². The first-order valence-electron chi connectivity index (χ1n) is 10.9. The smallest absolute Gasteiger partial charge is 0.243 e. The molecular formula is C25H28F2N2O3S2. The highest BCUT2D eigenvalue weighted by atomic mass is 32.2. The van der Waals surface area contributed by atoms with Gasteiger partial charge < -0.3 is 4.90 Å². The standard InChI is InChI=1S/C25H28F2N2O3S2/c1-18(2)14-29(34(31,32)23-10-8-22(27)9-11-23)17-25(30)28(16-24-19(3)12-13-33-24)15-20-4-6-21(26)7-5-20/h4-13,18H,14-17H2,1-3H3. The van der Waals surface area contributed by atoms with E-state index in [0.29, 0.717) is 6.54 Å². The van der Waals surface area contributed by atoms with E-state index in [1.807, 2.05) is 32.2 Å². The third kappa shape index (κ3) is 6.71. The van der Waals surface area contributed by atoms with Crippen LogP contribution in [-0.4, -0.2) is 36.6 Å². The molecule has 0 aliphatic heterocycles. The van der Waals surface area contributed by atoms with E-state index in [2.05, 4.69) is 0 Å². The van der Waals surface area contributed by atoms with Crippen LogP contribution in [0, 0.1) is 24.5 Å². The molecule has 5 nitrogen and oxygen atoms in total. The Kier molecular flexibility index (Phi) is 8.57. The number of carbonyl (C=O) groups is 1. The van der Waals surface area contributed by atoms with E-state index in [4.69, 9.17) is 0 Å². The van der Waals surface area contributed by atoms with E-state index in [1.165, 1.54) is 35.6 Å². The number of benzene rings is 2. The Balaban J connectivity index is 1.89. The van der Waals surface area contributed by atoms with Crippen molar-refractivity contribution < 1.29 is 22.0 Å².